The van der Waals surface area contributed by atoms with E-state index in [-0.39, 0.29) is 24.2 Å². The number of hydrogen-bond donors (Lipinski definition) is 2. The van der Waals surface area contributed by atoms with Gasteiger partial charge in [0.2, 0.25) is 5.91 Å². The third kappa shape index (κ3) is 4.23. The maximum Gasteiger partial charge on any atom is 0.262 e. The average molecular weight is 338 g/mol. The van der Waals surface area contributed by atoms with Gasteiger partial charge in [-0.1, -0.05) is 6.07 Å². The fourth-order valence-corrected chi connectivity index (χ4v) is 2.56. The Kier molecular flexibility index (Phi) is 4.79. The van der Waals surface area contributed by atoms with Gasteiger partial charge in [0, 0.05) is 17.7 Å². The normalized spacial score (nSPS) is 12.6. The van der Waals surface area contributed by atoms with Crippen LogP contribution in [0.4, 0.5) is 11.4 Å². The SMILES string of the molecule is CC(=O)c1ccc(NC(=O)CCc2ccc3c(c2)NC(=O)CO3)cc1. The molecule has 6 heteroatoms. The van der Waals surface area contributed by atoms with Gasteiger partial charge in [-0.2, -0.15) is 0 Å². The van der Waals surface area contributed by atoms with Crippen LogP contribution in [0.1, 0.15) is 29.3 Å². The van der Waals surface area contributed by atoms with E-state index in [1.807, 2.05) is 12.1 Å². The number of carbonyl (C=O) groups is 3. The van der Waals surface area contributed by atoms with Gasteiger partial charge in [0.15, 0.2) is 12.4 Å². The molecule has 2 aromatic rings. The zero-order chi connectivity index (χ0) is 17.8. The number of amides is 2. The second-order valence-corrected chi connectivity index (χ2v) is 5.85. The summed E-state index contributed by atoms with van der Waals surface area (Å²) in [6, 6.07) is 12.3. The molecule has 0 spiro atoms. The number of ketones is 1. The lowest BCUT2D eigenvalue weighted by Gasteiger charge is -2.18. The highest BCUT2D eigenvalue weighted by molar-refractivity contribution is 5.96. The van der Waals surface area contributed by atoms with Gasteiger partial charge in [-0.15, -0.1) is 0 Å². The van der Waals surface area contributed by atoms with Crippen molar-refractivity contribution in [1.29, 1.82) is 0 Å². The fourth-order valence-electron chi connectivity index (χ4n) is 2.56. The molecule has 6 nitrogen and oxygen atoms in total. The fraction of sp³-hybridized carbons (Fsp3) is 0.211. The van der Waals surface area contributed by atoms with Gasteiger partial charge >= 0.3 is 0 Å². The number of Topliss-reactive ketones (excluding diaryl/α,β-unsaturated/α-hetero) is 1. The molecule has 1 aliphatic heterocycles. The Morgan fingerprint density at radius 1 is 1.16 bits per heavy atom. The minimum atomic E-state index is -0.184. The van der Waals surface area contributed by atoms with Crippen molar-refractivity contribution in [1.82, 2.24) is 0 Å². The van der Waals surface area contributed by atoms with Crippen LogP contribution in [0.25, 0.3) is 0 Å². The van der Waals surface area contributed by atoms with Gasteiger partial charge in [-0.05, 0) is 55.3 Å². The van der Waals surface area contributed by atoms with Crippen LogP contribution in [0, 0.1) is 0 Å². The maximum absolute atomic E-state index is 12.1. The largest absolute Gasteiger partial charge is 0.482 e. The number of rotatable bonds is 5. The summed E-state index contributed by atoms with van der Waals surface area (Å²) in [5.74, 6) is 0.324. The molecule has 2 aromatic carbocycles. The van der Waals surface area contributed by atoms with E-state index in [0.717, 1.165) is 5.56 Å². The lowest BCUT2D eigenvalue weighted by Crippen LogP contribution is -2.25. The van der Waals surface area contributed by atoms with E-state index in [4.69, 9.17) is 4.74 Å². The molecule has 2 amide bonds. The Morgan fingerprint density at radius 3 is 2.64 bits per heavy atom. The second kappa shape index (κ2) is 7.17. The first kappa shape index (κ1) is 16.7. The summed E-state index contributed by atoms with van der Waals surface area (Å²) >= 11 is 0. The number of ether oxygens (including phenoxy) is 1. The molecule has 128 valence electrons. The standard InChI is InChI=1S/C19H18N2O4/c1-12(22)14-4-6-15(7-5-14)20-18(23)9-3-13-2-8-17-16(10-13)21-19(24)11-25-17/h2,4-8,10H,3,9,11H2,1H3,(H,20,23)(H,21,24). The smallest absolute Gasteiger partial charge is 0.262 e. The van der Waals surface area contributed by atoms with Crippen molar-refractivity contribution < 1.29 is 19.1 Å². The monoisotopic (exact) mass is 338 g/mol. The highest BCUT2D eigenvalue weighted by Crippen LogP contribution is 2.28. The average Bonchev–Trinajstić information content (AvgIpc) is 2.60. The minimum absolute atomic E-state index is 0.0126. The molecule has 0 unspecified atom stereocenters. The molecule has 0 saturated carbocycles. The van der Waals surface area contributed by atoms with Crippen LogP contribution in [0.2, 0.25) is 0 Å². The zero-order valence-electron chi connectivity index (χ0n) is 13.8. The predicted molar refractivity (Wildman–Crippen MR) is 94.0 cm³/mol. The van der Waals surface area contributed by atoms with E-state index >= 15 is 0 Å². The van der Waals surface area contributed by atoms with E-state index in [1.165, 1.54) is 6.92 Å². The maximum atomic E-state index is 12.1. The van der Waals surface area contributed by atoms with E-state index in [2.05, 4.69) is 10.6 Å². The summed E-state index contributed by atoms with van der Waals surface area (Å²) in [6.45, 7) is 1.52. The van der Waals surface area contributed by atoms with Gasteiger partial charge in [0.05, 0.1) is 5.69 Å². The molecule has 0 bridgehead atoms. The number of hydrogen-bond acceptors (Lipinski definition) is 4. The van der Waals surface area contributed by atoms with Crippen molar-refractivity contribution in [2.45, 2.75) is 19.8 Å². The molecular formula is C19H18N2O4. The van der Waals surface area contributed by atoms with Gasteiger partial charge in [0.1, 0.15) is 5.75 Å². The summed E-state index contributed by atoms with van der Waals surface area (Å²) in [7, 11) is 0. The number of nitrogens with one attached hydrogen (secondary N) is 2. The van der Waals surface area contributed by atoms with Gasteiger partial charge in [0.25, 0.3) is 5.91 Å². The molecule has 0 fully saturated rings. The molecule has 0 radical (unpaired) electrons. The van der Waals surface area contributed by atoms with Crippen LogP contribution in [0.15, 0.2) is 42.5 Å². The zero-order valence-corrected chi connectivity index (χ0v) is 13.8. The molecule has 3 rings (SSSR count). The number of benzene rings is 2. The van der Waals surface area contributed by atoms with Crippen LogP contribution in [-0.4, -0.2) is 24.2 Å². The summed E-state index contributed by atoms with van der Waals surface area (Å²) in [6.07, 6.45) is 0.850. The number of aryl methyl sites for hydroxylation is 1. The molecule has 1 aliphatic rings. The first-order chi connectivity index (χ1) is 12.0. The van der Waals surface area contributed by atoms with Gasteiger partial charge in [-0.3, -0.25) is 14.4 Å². The molecule has 0 aromatic heterocycles. The van der Waals surface area contributed by atoms with Crippen LogP contribution in [0.3, 0.4) is 0 Å². The molecule has 0 saturated heterocycles. The van der Waals surface area contributed by atoms with Crippen molar-refractivity contribution >= 4 is 29.0 Å². The topological polar surface area (TPSA) is 84.5 Å². The highest BCUT2D eigenvalue weighted by atomic mass is 16.5. The Bertz CT molecular complexity index is 828. The summed E-state index contributed by atoms with van der Waals surface area (Å²) in [4.78, 5) is 34.7. The summed E-state index contributed by atoms with van der Waals surface area (Å²) in [5, 5.41) is 5.55. The molecule has 1 heterocycles. The molecule has 2 N–H and O–H groups in total. The lowest BCUT2D eigenvalue weighted by atomic mass is 10.1. The van der Waals surface area contributed by atoms with Crippen molar-refractivity contribution in [3.8, 4) is 5.75 Å². The number of fused-ring (bicyclic) bond motifs is 1. The highest BCUT2D eigenvalue weighted by Gasteiger charge is 2.16. The molecule has 0 atom stereocenters. The lowest BCUT2D eigenvalue weighted by molar-refractivity contribution is -0.118. The minimum Gasteiger partial charge on any atom is -0.482 e. The van der Waals surface area contributed by atoms with Crippen LogP contribution < -0.4 is 15.4 Å². The third-order valence-electron chi connectivity index (χ3n) is 3.89. The Morgan fingerprint density at radius 2 is 1.92 bits per heavy atom. The van der Waals surface area contributed by atoms with Crippen molar-refractivity contribution in [3.63, 3.8) is 0 Å². The number of anilines is 2. The predicted octanol–water partition coefficient (Wildman–Crippen LogP) is 2.79. The van der Waals surface area contributed by atoms with E-state index in [1.54, 1.807) is 30.3 Å². The van der Waals surface area contributed by atoms with E-state index in [0.29, 0.717) is 35.5 Å². The Balaban J connectivity index is 1.56. The summed E-state index contributed by atoms with van der Waals surface area (Å²) < 4.78 is 5.31. The van der Waals surface area contributed by atoms with Crippen molar-refractivity contribution in [2.24, 2.45) is 0 Å². The van der Waals surface area contributed by atoms with E-state index in [9.17, 15) is 14.4 Å². The molecule has 25 heavy (non-hydrogen) atoms. The molecular weight excluding hydrogens is 320 g/mol. The van der Waals surface area contributed by atoms with Crippen molar-refractivity contribution in [3.05, 3.63) is 53.6 Å². The van der Waals surface area contributed by atoms with Crippen molar-refractivity contribution in [2.75, 3.05) is 17.2 Å². The quantitative estimate of drug-likeness (QED) is 0.821. The van der Waals surface area contributed by atoms with Crippen LogP contribution in [-0.2, 0) is 16.0 Å². The van der Waals surface area contributed by atoms with E-state index < -0.39 is 0 Å². The van der Waals surface area contributed by atoms with Crippen LogP contribution >= 0.6 is 0 Å². The number of carbonyl (C=O) groups excluding carboxylic acids is 3. The Hall–Kier alpha value is -3.15. The third-order valence-corrected chi connectivity index (χ3v) is 3.89. The van der Waals surface area contributed by atoms with Gasteiger partial charge in [-0.25, -0.2) is 0 Å². The Labute approximate surface area is 145 Å². The summed E-state index contributed by atoms with van der Waals surface area (Å²) in [5.41, 5.74) is 2.83. The van der Waals surface area contributed by atoms with Gasteiger partial charge < -0.3 is 15.4 Å². The molecule has 0 aliphatic carbocycles. The first-order valence-electron chi connectivity index (χ1n) is 7.98. The first-order valence-corrected chi connectivity index (χ1v) is 7.98. The van der Waals surface area contributed by atoms with Crippen LogP contribution in [0.5, 0.6) is 5.75 Å². The second-order valence-electron chi connectivity index (χ2n) is 5.85.